The van der Waals surface area contributed by atoms with Crippen molar-refractivity contribution in [3.8, 4) is 9.88 Å². The zero-order valence-electron chi connectivity index (χ0n) is 11.6. The van der Waals surface area contributed by atoms with Gasteiger partial charge in [0.15, 0.2) is 0 Å². The molecule has 0 aliphatic carbocycles. The molecule has 21 heavy (non-hydrogen) atoms. The molecule has 0 aromatic carbocycles. The third-order valence-corrected chi connectivity index (χ3v) is 5.94. The molecule has 6 nitrogen and oxygen atoms in total. The van der Waals surface area contributed by atoms with Crippen LogP contribution in [0.2, 0.25) is 0 Å². The molecule has 1 amide bonds. The maximum atomic E-state index is 11.9. The fourth-order valence-electron chi connectivity index (χ4n) is 1.47. The van der Waals surface area contributed by atoms with Crippen LogP contribution in [0.4, 0.5) is 0 Å². The number of sulfonamides is 1. The van der Waals surface area contributed by atoms with Crippen molar-refractivity contribution in [2.75, 3.05) is 26.4 Å². The maximum absolute atomic E-state index is 11.9. The Morgan fingerprint density at radius 2 is 2.19 bits per heavy atom. The standard InChI is InChI=1S/C12H15N3O3S3/c1-15(21(2,17)18)6-5-13-11(16)9-8-20-12(14-9)10-4-3-7-19-10/h3-4,7-8H,5-6H2,1-2H3,(H,13,16). The van der Waals surface area contributed by atoms with Gasteiger partial charge in [0.2, 0.25) is 10.0 Å². The molecular weight excluding hydrogens is 330 g/mol. The van der Waals surface area contributed by atoms with Crippen LogP contribution in [0.25, 0.3) is 9.88 Å². The first kappa shape index (κ1) is 16.1. The molecule has 0 fully saturated rings. The van der Waals surface area contributed by atoms with Gasteiger partial charge in [-0.3, -0.25) is 4.79 Å². The number of nitrogens with one attached hydrogen (secondary N) is 1. The number of thiophene rings is 1. The molecule has 2 rings (SSSR count). The highest BCUT2D eigenvalue weighted by molar-refractivity contribution is 7.88. The lowest BCUT2D eigenvalue weighted by molar-refractivity contribution is 0.0948. The van der Waals surface area contributed by atoms with Gasteiger partial charge in [-0.25, -0.2) is 17.7 Å². The van der Waals surface area contributed by atoms with Gasteiger partial charge in [-0.2, -0.15) is 0 Å². The summed E-state index contributed by atoms with van der Waals surface area (Å²) in [7, 11) is -1.75. The Kier molecular flexibility index (Phi) is 5.09. The van der Waals surface area contributed by atoms with E-state index >= 15 is 0 Å². The lowest BCUT2D eigenvalue weighted by Crippen LogP contribution is -2.35. The number of hydrogen-bond donors (Lipinski definition) is 1. The van der Waals surface area contributed by atoms with Gasteiger partial charge in [-0.1, -0.05) is 6.07 Å². The normalized spacial score (nSPS) is 11.8. The molecule has 0 aliphatic rings. The third-order valence-electron chi connectivity index (χ3n) is 2.75. The van der Waals surface area contributed by atoms with Gasteiger partial charge in [0.25, 0.3) is 5.91 Å². The first-order chi connectivity index (χ1) is 9.88. The summed E-state index contributed by atoms with van der Waals surface area (Å²) in [5.41, 5.74) is 0.352. The summed E-state index contributed by atoms with van der Waals surface area (Å²) in [6.07, 6.45) is 1.13. The van der Waals surface area contributed by atoms with E-state index in [9.17, 15) is 13.2 Å². The molecule has 0 spiro atoms. The lowest BCUT2D eigenvalue weighted by Gasteiger charge is -2.13. The van der Waals surface area contributed by atoms with Crippen molar-refractivity contribution < 1.29 is 13.2 Å². The summed E-state index contributed by atoms with van der Waals surface area (Å²) in [5.74, 6) is -0.295. The smallest absolute Gasteiger partial charge is 0.270 e. The molecule has 9 heteroatoms. The van der Waals surface area contributed by atoms with Crippen LogP contribution in [0.1, 0.15) is 10.5 Å². The van der Waals surface area contributed by atoms with Gasteiger partial charge < -0.3 is 5.32 Å². The number of thiazole rings is 1. The molecule has 0 radical (unpaired) electrons. The molecule has 2 heterocycles. The number of carbonyl (C=O) groups is 1. The number of carbonyl (C=O) groups excluding carboxylic acids is 1. The molecule has 2 aromatic heterocycles. The Labute approximate surface area is 131 Å². The van der Waals surface area contributed by atoms with Crippen molar-refractivity contribution in [1.29, 1.82) is 0 Å². The summed E-state index contributed by atoms with van der Waals surface area (Å²) in [6.45, 7) is 0.473. The van der Waals surface area contributed by atoms with Crippen molar-refractivity contribution in [3.63, 3.8) is 0 Å². The van der Waals surface area contributed by atoms with Crippen LogP contribution in [0.15, 0.2) is 22.9 Å². The highest BCUT2D eigenvalue weighted by Gasteiger charge is 2.14. The lowest BCUT2D eigenvalue weighted by atomic mass is 10.4. The van der Waals surface area contributed by atoms with E-state index in [1.165, 1.54) is 22.7 Å². The van der Waals surface area contributed by atoms with E-state index in [0.29, 0.717) is 5.69 Å². The second kappa shape index (κ2) is 6.65. The number of hydrogen-bond acceptors (Lipinski definition) is 6. The molecule has 1 N–H and O–H groups in total. The highest BCUT2D eigenvalue weighted by atomic mass is 32.2. The number of nitrogens with zero attached hydrogens (tertiary/aromatic N) is 2. The van der Waals surface area contributed by atoms with Gasteiger partial charge >= 0.3 is 0 Å². The molecule has 0 atom stereocenters. The van der Waals surface area contributed by atoms with E-state index < -0.39 is 10.0 Å². The van der Waals surface area contributed by atoms with Crippen molar-refractivity contribution in [2.45, 2.75) is 0 Å². The van der Waals surface area contributed by atoms with Crippen molar-refractivity contribution in [2.24, 2.45) is 0 Å². The quantitative estimate of drug-likeness (QED) is 0.860. The highest BCUT2D eigenvalue weighted by Crippen LogP contribution is 2.27. The number of amides is 1. The van der Waals surface area contributed by atoms with E-state index in [-0.39, 0.29) is 19.0 Å². The van der Waals surface area contributed by atoms with Crippen molar-refractivity contribution >= 4 is 38.6 Å². The van der Waals surface area contributed by atoms with Crippen LogP contribution in [-0.2, 0) is 10.0 Å². The van der Waals surface area contributed by atoms with Gasteiger partial charge in [0.1, 0.15) is 10.7 Å². The Bertz CT molecular complexity index is 707. The van der Waals surface area contributed by atoms with E-state index in [0.717, 1.165) is 16.1 Å². The largest absolute Gasteiger partial charge is 0.349 e. The Balaban J connectivity index is 1.90. The topological polar surface area (TPSA) is 79.4 Å². The van der Waals surface area contributed by atoms with Crippen LogP contribution < -0.4 is 5.32 Å². The molecule has 2 aromatic rings. The summed E-state index contributed by atoms with van der Waals surface area (Å²) in [4.78, 5) is 17.2. The summed E-state index contributed by atoms with van der Waals surface area (Å²) in [6, 6.07) is 3.88. The van der Waals surface area contributed by atoms with E-state index in [4.69, 9.17) is 0 Å². The van der Waals surface area contributed by atoms with Crippen molar-refractivity contribution in [1.82, 2.24) is 14.6 Å². The maximum Gasteiger partial charge on any atom is 0.270 e. The predicted molar refractivity (Wildman–Crippen MR) is 85.2 cm³/mol. The van der Waals surface area contributed by atoms with Crippen LogP contribution in [-0.4, -0.2) is 50.0 Å². The Morgan fingerprint density at radius 1 is 1.43 bits per heavy atom. The van der Waals surface area contributed by atoms with Gasteiger partial charge in [-0.05, 0) is 11.4 Å². The third kappa shape index (κ3) is 4.34. The summed E-state index contributed by atoms with van der Waals surface area (Å²) in [5, 5.41) is 7.13. The van der Waals surface area contributed by atoms with E-state index in [1.54, 1.807) is 16.7 Å². The first-order valence-corrected chi connectivity index (χ1v) is 9.67. The number of rotatable bonds is 6. The second-order valence-corrected chi connectivity index (χ2v) is 8.25. The zero-order valence-corrected chi connectivity index (χ0v) is 14.0. The Hall–Kier alpha value is -1.29. The molecule has 0 aliphatic heterocycles. The molecule has 114 valence electrons. The molecule has 0 saturated heterocycles. The minimum absolute atomic E-state index is 0.229. The molecule has 0 bridgehead atoms. The molecule has 0 unspecified atom stereocenters. The second-order valence-electron chi connectivity index (χ2n) is 4.36. The first-order valence-electron chi connectivity index (χ1n) is 6.07. The minimum Gasteiger partial charge on any atom is -0.349 e. The van der Waals surface area contributed by atoms with Crippen LogP contribution in [0.5, 0.6) is 0 Å². The summed E-state index contributed by atoms with van der Waals surface area (Å²) < 4.78 is 23.6. The average molecular weight is 345 g/mol. The van der Waals surface area contributed by atoms with Crippen LogP contribution in [0, 0.1) is 0 Å². The van der Waals surface area contributed by atoms with Gasteiger partial charge in [0, 0.05) is 25.5 Å². The van der Waals surface area contributed by atoms with E-state index in [1.807, 2.05) is 17.5 Å². The number of aromatic nitrogens is 1. The fraction of sp³-hybridized carbons (Fsp3) is 0.333. The minimum atomic E-state index is -3.22. The Morgan fingerprint density at radius 3 is 2.81 bits per heavy atom. The zero-order chi connectivity index (χ0) is 15.5. The summed E-state index contributed by atoms with van der Waals surface area (Å²) >= 11 is 2.98. The fourth-order valence-corrected chi connectivity index (χ4v) is 3.51. The molecule has 0 saturated carbocycles. The average Bonchev–Trinajstić information content (AvgIpc) is 3.08. The van der Waals surface area contributed by atoms with Gasteiger partial charge in [0.05, 0.1) is 11.1 Å². The monoisotopic (exact) mass is 345 g/mol. The predicted octanol–water partition coefficient (Wildman–Crippen LogP) is 1.49. The van der Waals surface area contributed by atoms with Crippen LogP contribution >= 0.6 is 22.7 Å². The SMILES string of the molecule is CN(CCNC(=O)c1csc(-c2cccs2)n1)S(C)(=O)=O. The molecular formula is C12H15N3O3S3. The number of likely N-dealkylation sites (N-methyl/N-ethyl adjacent to an activating group) is 1. The van der Waals surface area contributed by atoms with Gasteiger partial charge in [-0.15, -0.1) is 22.7 Å². The van der Waals surface area contributed by atoms with Crippen LogP contribution in [0.3, 0.4) is 0 Å². The van der Waals surface area contributed by atoms with E-state index in [2.05, 4.69) is 10.3 Å². The van der Waals surface area contributed by atoms with Crippen molar-refractivity contribution in [3.05, 3.63) is 28.6 Å².